The zero-order valence-electron chi connectivity index (χ0n) is 12.1. The maximum absolute atomic E-state index is 2.61. The van der Waals surface area contributed by atoms with Crippen molar-refractivity contribution in [2.75, 3.05) is 39.3 Å². The molecule has 0 saturated heterocycles. The van der Waals surface area contributed by atoms with Gasteiger partial charge in [0.1, 0.15) is 0 Å². The van der Waals surface area contributed by atoms with E-state index in [1.54, 1.807) is 0 Å². The molecular formula is C14H32N2. The average molecular weight is 228 g/mol. The molecule has 98 valence electrons. The van der Waals surface area contributed by atoms with Gasteiger partial charge in [-0.3, -0.25) is 0 Å². The van der Waals surface area contributed by atoms with Crippen LogP contribution in [0.2, 0.25) is 0 Å². The number of nitrogens with zero attached hydrogens (tertiary/aromatic N) is 2. The van der Waals surface area contributed by atoms with Gasteiger partial charge in [0.15, 0.2) is 0 Å². The number of likely N-dealkylation sites (N-methyl/N-ethyl adjacent to an activating group) is 1. The van der Waals surface area contributed by atoms with Crippen LogP contribution in [0.25, 0.3) is 0 Å². The van der Waals surface area contributed by atoms with E-state index in [0.717, 1.165) is 5.92 Å². The Morgan fingerprint density at radius 3 is 1.69 bits per heavy atom. The van der Waals surface area contributed by atoms with Gasteiger partial charge in [0.2, 0.25) is 0 Å². The van der Waals surface area contributed by atoms with Crippen molar-refractivity contribution in [3.8, 4) is 0 Å². The van der Waals surface area contributed by atoms with Crippen molar-refractivity contribution < 1.29 is 0 Å². The lowest BCUT2D eigenvalue weighted by Crippen LogP contribution is -2.37. The molecule has 0 saturated carbocycles. The van der Waals surface area contributed by atoms with Crippen LogP contribution in [0.15, 0.2) is 0 Å². The predicted octanol–water partition coefficient (Wildman–Crippen LogP) is 3.09. The smallest absolute Gasteiger partial charge is 0.0109 e. The maximum Gasteiger partial charge on any atom is 0.0109 e. The van der Waals surface area contributed by atoms with Crippen LogP contribution < -0.4 is 0 Å². The van der Waals surface area contributed by atoms with Gasteiger partial charge in [-0.25, -0.2) is 0 Å². The van der Waals surface area contributed by atoms with Crippen LogP contribution >= 0.6 is 0 Å². The Bertz CT molecular complexity index is 146. The van der Waals surface area contributed by atoms with Crippen molar-refractivity contribution in [3.63, 3.8) is 0 Å². The van der Waals surface area contributed by atoms with Crippen molar-refractivity contribution in [2.45, 2.75) is 47.5 Å². The van der Waals surface area contributed by atoms with Gasteiger partial charge >= 0.3 is 0 Å². The first-order valence-corrected chi connectivity index (χ1v) is 7.08. The molecule has 0 aromatic rings. The lowest BCUT2D eigenvalue weighted by atomic mass is 10.2. The molecule has 0 atom stereocenters. The van der Waals surface area contributed by atoms with E-state index < -0.39 is 0 Å². The molecule has 0 heterocycles. The van der Waals surface area contributed by atoms with Crippen molar-refractivity contribution in [1.29, 1.82) is 0 Å². The third-order valence-corrected chi connectivity index (χ3v) is 2.88. The largest absolute Gasteiger partial charge is 0.302 e. The number of hydrogen-bond donors (Lipinski definition) is 0. The second-order valence-electron chi connectivity index (χ2n) is 5.13. The highest BCUT2D eigenvalue weighted by Crippen LogP contribution is 2.01. The van der Waals surface area contributed by atoms with E-state index in [9.17, 15) is 0 Å². The fourth-order valence-corrected chi connectivity index (χ4v) is 2.15. The van der Waals surface area contributed by atoms with Gasteiger partial charge in [-0.1, -0.05) is 34.6 Å². The third kappa shape index (κ3) is 8.12. The molecule has 0 fully saturated rings. The average Bonchev–Trinajstić information content (AvgIpc) is 2.23. The first-order valence-electron chi connectivity index (χ1n) is 7.08. The fourth-order valence-electron chi connectivity index (χ4n) is 2.15. The van der Waals surface area contributed by atoms with Crippen LogP contribution in [0.4, 0.5) is 0 Å². The summed E-state index contributed by atoms with van der Waals surface area (Å²) < 4.78 is 0. The van der Waals surface area contributed by atoms with Gasteiger partial charge in [-0.2, -0.15) is 0 Å². The first kappa shape index (κ1) is 15.9. The van der Waals surface area contributed by atoms with E-state index in [1.165, 1.54) is 52.1 Å². The molecule has 0 rings (SSSR count). The second kappa shape index (κ2) is 10.1. The van der Waals surface area contributed by atoms with E-state index in [0.29, 0.717) is 0 Å². The fraction of sp³-hybridized carbons (Fsp3) is 1.00. The van der Waals surface area contributed by atoms with Gasteiger partial charge in [-0.15, -0.1) is 0 Å². The first-order chi connectivity index (χ1) is 7.63. The standard InChI is InChI=1S/C14H32N2/c1-6-9-15(8-3)11-12-16(10-7-2)13-14(4)5/h14H,6-13H2,1-5H3. The molecule has 2 nitrogen and oxygen atoms in total. The van der Waals surface area contributed by atoms with E-state index in [-0.39, 0.29) is 0 Å². The summed E-state index contributed by atoms with van der Waals surface area (Å²) in [7, 11) is 0. The zero-order valence-corrected chi connectivity index (χ0v) is 12.1. The summed E-state index contributed by atoms with van der Waals surface area (Å²) in [4.78, 5) is 5.17. The summed E-state index contributed by atoms with van der Waals surface area (Å²) in [6.07, 6.45) is 2.54. The summed E-state index contributed by atoms with van der Waals surface area (Å²) in [5.74, 6) is 0.785. The predicted molar refractivity (Wildman–Crippen MR) is 74.0 cm³/mol. The Morgan fingerprint density at radius 2 is 1.25 bits per heavy atom. The van der Waals surface area contributed by atoms with Gasteiger partial charge in [0.25, 0.3) is 0 Å². The molecule has 0 aliphatic rings. The lowest BCUT2D eigenvalue weighted by molar-refractivity contribution is 0.194. The van der Waals surface area contributed by atoms with Crippen LogP contribution in [0.1, 0.15) is 47.5 Å². The number of hydrogen-bond acceptors (Lipinski definition) is 2. The molecule has 0 unspecified atom stereocenters. The summed E-state index contributed by atoms with van der Waals surface area (Å²) >= 11 is 0. The SMILES string of the molecule is CCCN(CC)CCN(CCC)CC(C)C. The quantitative estimate of drug-likeness (QED) is 0.567. The van der Waals surface area contributed by atoms with Crippen LogP contribution in [0.5, 0.6) is 0 Å². The van der Waals surface area contributed by atoms with Crippen molar-refractivity contribution in [2.24, 2.45) is 5.92 Å². The summed E-state index contributed by atoms with van der Waals surface area (Å²) in [6.45, 7) is 18.8. The van der Waals surface area contributed by atoms with Gasteiger partial charge in [-0.05, 0) is 38.4 Å². The van der Waals surface area contributed by atoms with E-state index >= 15 is 0 Å². The van der Waals surface area contributed by atoms with Crippen molar-refractivity contribution >= 4 is 0 Å². The van der Waals surface area contributed by atoms with E-state index in [2.05, 4.69) is 44.4 Å². The molecule has 2 heteroatoms. The van der Waals surface area contributed by atoms with E-state index in [1.807, 2.05) is 0 Å². The molecule has 0 bridgehead atoms. The molecule has 16 heavy (non-hydrogen) atoms. The van der Waals surface area contributed by atoms with Crippen LogP contribution in [0.3, 0.4) is 0 Å². The van der Waals surface area contributed by atoms with Crippen LogP contribution in [-0.2, 0) is 0 Å². The summed E-state index contributed by atoms with van der Waals surface area (Å²) in [6, 6.07) is 0. The van der Waals surface area contributed by atoms with E-state index in [4.69, 9.17) is 0 Å². The Balaban J connectivity index is 3.88. The van der Waals surface area contributed by atoms with Crippen molar-refractivity contribution in [3.05, 3.63) is 0 Å². The van der Waals surface area contributed by atoms with Gasteiger partial charge in [0.05, 0.1) is 0 Å². The maximum atomic E-state index is 2.61. The monoisotopic (exact) mass is 228 g/mol. The molecule has 0 aliphatic carbocycles. The number of rotatable bonds is 10. The van der Waals surface area contributed by atoms with Crippen LogP contribution in [0, 0.1) is 5.92 Å². The highest BCUT2D eigenvalue weighted by atomic mass is 15.2. The van der Waals surface area contributed by atoms with Crippen molar-refractivity contribution in [1.82, 2.24) is 9.80 Å². The van der Waals surface area contributed by atoms with Gasteiger partial charge in [0, 0.05) is 19.6 Å². The molecular weight excluding hydrogens is 196 g/mol. The Labute approximate surface area is 103 Å². The Morgan fingerprint density at radius 1 is 0.750 bits per heavy atom. The molecule has 0 spiro atoms. The molecule has 0 radical (unpaired) electrons. The molecule has 0 amide bonds. The zero-order chi connectivity index (χ0) is 12.4. The Kier molecular flexibility index (Phi) is 10.0. The summed E-state index contributed by atoms with van der Waals surface area (Å²) in [5, 5.41) is 0. The second-order valence-corrected chi connectivity index (χ2v) is 5.13. The van der Waals surface area contributed by atoms with Gasteiger partial charge < -0.3 is 9.80 Å². The minimum absolute atomic E-state index is 0.785. The van der Waals surface area contributed by atoms with Crippen LogP contribution in [-0.4, -0.2) is 49.1 Å². The minimum Gasteiger partial charge on any atom is -0.302 e. The normalized spacial score (nSPS) is 12.0. The third-order valence-electron chi connectivity index (χ3n) is 2.88. The lowest BCUT2D eigenvalue weighted by Gasteiger charge is -2.27. The Hall–Kier alpha value is -0.0800. The molecule has 0 aliphatic heterocycles. The minimum atomic E-state index is 0.785. The summed E-state index contributed by atoms with van der Waals surface area (Å²) in [5.41, 5.74) is 0. The highest BCUT2D eigenvalue weighted by molar-refractivity contribution is 4.63. The molecule has 0 N–H and O–H groups in total. The topological polar surface area (TPSA) is 6.48 Å². The molecule has 0 aromatic carbocycles. The highest BCUT2D eigenvalue weighted by Gasteiger charge is 2.08. The molecule has 0 aromatic heterocycles.